The van der Waals surface area contributed by atoms with Crippen molar-refractivity contribution in [1.82, 2.24) is 9.88 Å². The number of aryl methyl sites for hydroxylation is 2. The van der Waals surface area contributed by atoms with Gasteiger partial charge >= 0.3 is 0 Å². The zero-order valence-corrected chi connectivity index (χ0v) is 14.3. The standard InChI is InChI=1S/C17H25N3S/c1-5-20(6-2)12-15-9-7-8-10-16(15)18-11-17-13(3)19-14(4)21-17/h7-10,18H,5-6,11-12H2,1-4H3. The van der Waals surface area contributed by atoms with Crippen LogP contribution in [0.4, 0.5) is 5.69 Å². The number of hydrogen-bond acceptors (Lipinski definition) is 4. The van der Waals surface area contributed by atoms with E-state index in [-0.39, 0.29) is 0 Å². The monoisotopic (exact) mass is 303 g/mol. The van der Waals surface area contributed by atoms with E-state index in [1.54, 1.807) is 11.3 Å². The summed E-state index contributed by atoms with van der Waals surface area (Å²) in [7, 11) is 0. The van der Waals surface area contributed by atoms with Crippen molar-refractivity contribution >= 4 is 17.0 Å². The molecule has 0 unspecified atom stereocenters. The molecule has 0 aliphatic heterocycles. The molecule has 0 radical (unpaired) electrons. The molecule has 1 heterocycles. The first-order chi connectivity index (χ1) is 10.1. The van der Waals surface area contributed by atoms with E-state index in [9.17, 15) is 0 Å². The van der Waals surface area contributed by atoms with Crippen LogP contribution in [0.5, 0.6) is 0 Å². The molecule has 0 spiro atoms. The summed E-state index contributed by atoms with van der Waals surface area (Å²) in [6, 6.07) is 8.60. The topological polar surface area (TPSA) is 28.2 Å². The third-order valence-electron chi connectivity index (χ3n) is 3.74. The van der Waals surface area contributed by atoms with Crippen LogP contribution in [0.3, 0.4) is 0 Å². The summed E-state index contributed by atoms with van der Waals surface area (Å²) >= 11 is 1.78. The lowest BCUT2D eigenvalue weighted by atomic mass is 10.1. The van der Waals surface area contributed by atoms with E-state index in [4.69, 9.17) is 0 Å². The summed E-state index contributed by atoms with van der Waals surface area (Å²) in [4.78, 5) is 8.25. The Labute approximate surface area is 132 Å². The van der Waals surface area contributed by atoms with Crippen molar-refractivity contribution in [3.63, 3.8) is 0 Å². The third kappa shape index (κ3) is 4.29. The molecule has 1 aromatic carbocycles. The zero-order valence-electron chi connectivity index (χ0n) is 13.4. The van der Waals surface area contributed by atoms with Crippen molar-refractivity contribution in [3.05, 3.63) is 45.4 Å². The lowest BCUT2D eigenvalue weighted by Crippen LogP contribution is -2.22. The van der Waals surface area contributed by atoms with Crippen LogP contribution in [0, 0.1) is 13.8 Å². The summed E-state index contributed by atoms with van der Waals surface area (Å²) < 4.78 is 0. The van der Waals surface area contributed by atoms with E-state index < -0.39 is 0 Å². The SMILES string of the molecule is CCN(CC)Cc1ccccc1NCc1sc(C)nc1C. The lowest BCUT2D eigenvalue weighted by molar-refractivity contribution is 0.296. The summed E-state index contributed by atoms with van der Waals surface area (Å²) in [6.45, 7) is 12.6. The number of anilines is 1. The van der Waals surface area contributed by atoms with Crippen molar-refractivity contribution in [3.8, 4) is 0 Å². The largest absolute Gasteiger partial charge is 0.380 e. The molecule has 4 heteroatoms. The fourth-order valence-electron chi connectivity index (χ4n) is 2.43. The van der Waals surface area contributed by atoms with Gasteiger partial charge in [-0.1, -0.05) is 32.0 Å². The fourth-order valence-corrected chi connectivity index (χ4v) is 3.31. The first kappa shape index (κ1) is 16.0. The van der Waals surface area contributed by atoms with Crippen LogP contribution >= 0.6 is 11.3 Å². The van der Waals surface area contributed by atoms with Gasteiger partial charge in [0.25, 0.3) is 0 Å². The van der Waals surface area contributed by atoms with Crippen molar-refractivity contribution in [2.45, 2.75) is 40.8 Å². The van der Waals surface area contributed by atoms with E-state index >= 15 is 0 Å². The molecule has 0 fully saturated rings. The van der Waals surface area contributed by atoms with Crippen molar-refractivity contribution in [2.75, 3.05) is 18.4 Å². The second-order valence-electron chi connectivity index (χ2n) is 5.21. The first-order valence-corrected chi connectivity index (χ1v) is 8.42. The number of nitrogens with zero attached hydrogens (tertiary/aromatic N) is 2. The van der Waals surface area contributed by atoms with E-state index in [0.717, 1.165) is 36.9 Å². The van der Waals surface area contributed by atoms with Gasteiger partial charge in [0.15, 0.2) is 0 Å². The van der Waals surface area contributed by atoms with Crippen LogP contribution < -0.4 is 5.32 Å². The maximum absolute atomic E-state index is 4.49. The van der Waals surface area contributed by atoms with Gasteiger partial charge in [-0.05, 0) is 38.6 Å². The van der Waals surface area contributed by atoms with E-state index in [1.165, 1.54) is 16.1 Å². The van der Waals surface area contributed by atoms with E-state index in [0.29, 0.717) is 0 Å². The van der Waals surface area contributed by atoms with E-state index in [2.05, 4.69) is 67.2 Å². The molecule has 2 rings (SSSR count). The predicted molar refractivity (Wildman–Crippen MR) is 92.0 cm³/mol. The molecule has 0 saturated carbocycles. The van der Waals surface area contributed by atoms with Crippen molar-refractivity contribution in [1.29, 1.82) is 0 Å². The minimum absolute atomic E-state index is 0.854. The van der Waals surface area contributed by atoms with Gasteiger partial charge < -0.3 is 5.32 Å². The van der Waals surface area contributed by atoms with Crippen molar-refractivity contribution < 1.29 is 0 Å². The number of rotatable bonds is 7. The van der Waals surface area contributed by atoms with Gasteiger partial charge in [0.05, 0.1) is 17.2 Å². The minimum Gasteiger partial charge on any atom is -0.380 e. The molecule has 0 amide bonds. The van der Waals surface area contributed by atoms with Gasteiger partial charge in [0.2, 0.25) is 0 Å². The number of hydrogen-bond donors (Lipinski definition) is 1. The number of aromatic nitrogens is 1. The Morgan fingerprint density at radius 2 is 1.86 bits per heavy atom. The van der Waals surface area contributed by atoms with Gasteiger partial charge in [0.1, 0.15) is 0 Å². The Morgan fingerprint density at radius 1 is 1.14 bits per heavy atom. The highest BCUT2D eigenvalue weighted by atomic mass is 32.1. The Hall–Kier alpha value is -1.39. The molecule has 0 aliphatic carbocycles. The van der Waals surface area contributed by atoms with E-state index in [1.807, 2.05) is 0 Å². The smallest absolute Gasteiger partial charge is 0.0900 e. The summed E-state index contributed by atoms with van der Waals surface area (Å²) in [5, 5.41) is 4.72. The third-order valence-corrected chi connectivity index (χ3v) is 4.82. The normalized spacial score (nSPS) is 11.1. The molecule has 0 bridgehead atoms. The van der Waals surface area contributed by atoms with Crippen LogP contribution in [0.1, 0.15) is 35.0 Å². The van der Waals surface area contributed by atoms with Gasteiger partial charge in [0, 0.05) is 17.1 Å². The lowest BCUT2D eigenvalue weighted by Gasteiger charge is -2.20. The van der Waals surface area contributed by atoms with Gasteiger partial charge in [-0.2, -0.15) is 0 Å². The molecular formula is C17H25N3S. The fraction of sp³-hybridized carbons (Fsp3) is 0.471. The molecule has 0 aliphatic rings. The summed E-state index contributed by atoms with van der Waals surface area (Å²) in [5.41, 5.74) is 3.74. The maximum atomic E-state index is 4.49. The zero-order chi connectivity index (χ0) is 15.2. The average molecular weight is 303 g/mol. The average Bonchev–Trinajstić information content (AvgIpc) is 2.81. The molecule has 1 aromatic heterocycles. The molecule has 2 aromatic rings. The van der Waals surface area contributed by atoms with Gasteiger partial charge in [-0.3, -0.25) is 4.90 Å². The van der Waals surface area contributed by atoms with Crippen LogP contribution in [-0.2, 0) is 13.1 Å². The molecule has 0 atom stereocenters. The number of benzene rings is 1. The second kappa shape index (κ2) is 7.57. The first-order valence-electron chi connectivity index (χ1n) is 7.61. The molecule has 21 heavy (non-hydrogen) atoms. The molecule has 3 nitrogen and oxygen atoms in total. The van der Waals surface area contributed by atoms with Crippen LogP contribution in [0.2, 0.25) is 0 Å². The highest BCUT2D eigenvalue weighted by molar-refractivity contribution is 7.11. The Morgan fingerprint density at radius 3 is 2.48 bits per heavy atom. The van der Waals surface area contributed by atoms with Crippen molar-refractivity contribution in [2.24, 2.45) is 0 Å². The number of para-hydroxylation sites is 1. The highest BCUT2D eigenvalue weighted by Crippen LogP contribution is 2.21. The van der Waals surface area contributed by atoms with Crippen LogP contribution in [-0.4, -0.2) is 23.0 Å². The van der Waals surface area contributed by atoms with Gasteiger partial charge in [-0.15, -0.1) is 11.3 Å². The van der Waals surface area contributed by atoms with Crippen LogP contribution in [0.25, 0.3) is 0 Å². The Kier molecular flexibility index (Phi) is 5.76. The Bertz CT molecular complexity index is 573. The quantitative estimate of drug-likeness (QED) is 0.830. The summed E-state index contributed by atoms with van der Waals surface area (Å²) in [6.07, 6.45) is 0. The minimum atomic E-state index is 0.854. The molecule has 1 N–H and O–H groups in total. The highest BCUT2D eigenvalue weighted by Gasteiger charge is 2.08. The Balaban J connectivity index is 2.07. The summed E-state index contributed by atoms with van der Waals surface area (Å²) in [5.74, 6) is 0. The number of nitrogens with one attached hydrogen (secondary N) is 1. The maximum Gasteiger partial charge on any atom is 0.0900 e. The van der Waals surface area contributed by atoms with Gasteiger partial charge in [-0.25, -0.2) is 4.98 Å². The van der Waals surface area contributed by atoms with Crippen LogP contribution in [0.15, 0.2) is 24.3 Å². The molecule has 0 saturated heterocycles. The number of thiazole rings is 1. The molecular weight excluding hydrogens is 278 g/mol. The second-order valence-corrected chi connectivity index (χ2v) is 6.50. The molecule has 114 valence electrons. The predicted octanol–water partition coefficient (Wildman–Crippen LogP) is 4.21.